The van der Waals surface area contributed by atoms with Crippen LogP contribution in [0.25, 0.3) is 0 Å². The van der Waals surface area contributed by atoms with Gasteiger partial charge in [-0.3, -0.25) is 9.69 Å². The summed E-state index contributed by atoms with van der Waals surface area (Å²) in [6.07, 6.45) is 2.04. The third-order valence-corrected chi connectivity index (χ3v) is 4.77. The number of hydrogen-bond donors (Lipinski definition) is 1. The van der Waals surface area contributed by atoms with Crippen molar-refractivity contribution in [3.8, 4) is 0 Å². The number of nitrogens with zero attached hydrogens (tertiary/aromatic N) is 1. The number of carbonyl (C=O) groups excluding carboxylic acids is 1. The number of nitrogens with one attached hydrogen (secondary N) is 1. The maximum absolute atomic E-state index is 12.5. The number of para-hydroxylation sites is 1. The zero-order valence-electron chi connectivity index (χ0n) is 13.0. The van der Waals surface area contributed by atoms with E-state index in [1.54, 1.807) is 0 Å². The predicted molar refractivity (Wildman–Crippen MR) is 97.2 cm³/mol. The molecule has 0 bridgehead atoms. The minimum atomic E-state index is 0.0689. The van der Waals surface area contributed by atoms with E-state index < -0.39 is 0 Å². The van der Waals surface area contributed by atoms with Crippen molar-refractivity contribution in [1.29, 1.82) is 0 Å². The number of piperidine rings is 1. The largest absolute Gasteiger partial charge is 0.326 e. The second kappa shape index (κ2) is 7.75. The molecule has 120 valence electrons. The van der Waals surface area contributed by atoms with Gasteiger partial charge in [0.15, 0.2) is 0 Å². The lowest BCUT2D eigenvalue weighted by atomic mass is 9.96. The molecule has 0 radical (unpaired) electrons. The van der Waals surface area contributed by atoms with Gasteiger partial charge in [0, 0.05) is 23.2 Å². The van der Waals surface area contributed by atoms with E-state index in [0.717, 1.165) is 42.6 Å². The molecule has 23 heavy (non-hydrogen) atoms. The summed E-state index contributed by atoms with van der Waals surface area (Å²) in [5, 5.41) is 3.03. The fourth-order valence-corrected chi connectivity index (χ4v) is 3.29. The average molecular weight is 373 g/mol. The summed E-state index contributed by atoms with van der Waals surface area (Å²) >= 11 is 3.46. The highest BCUT2D eigenvalue weighted by Gasteiger charge is 2.25. The first kappa shape index (κ1) is 16.2. The van der Waals surface area contributed by atoms with Crippen LogP contribution in [0.5, 0.6) is 0 Å². The quantitative estimate of drug-likeness (QED) is 0.867. The first-order chi connectivity index (χ1) is 11.2. The Bertz CT molecular complexity index is 642. The van der Waals surface area contributed by atoms with Crippen LogP contribution in [0.4, 0.5) is 5.69 Å². The highest BCUT2D eigenvalue weighted by molar-refractivity contribution is 9.10. The molecule has 1 fully saturated rings. The zero-order chi connectivity index (χ0) is 16.1. The van der Waals surface area contributed by atoms with Crippen LogP contribution in [0.15, 0.2) is 59.1 Å². The van der Waals surface area contributed by atoms with E-state index in [2.05, 4.69) is 50.4 Å². The van der Waals surface area contributed by atoms with E-state index in [0.29, 0.717) is 0 Å². The number of benzene rings is 2. The minimum Gasteiger partial charge on any atom is -0.326 e. The molecule has 4 heteroatoms. The van der Waals surface area contributed by atoms with E-state index in [1.807, 2.05) is 30.3 Å². The molecule has 2 aromatic carbocycles. The van der Waals surface area contributed by atoms with Crippen LogP contribution in [0.1, 0.15) is 18.4 Å². The Balaban J connectivity index is 1.57. The summed E-state index contributed by atoms with van der Waals surface area (Å²) in [5.74, 6) is 0.205. The summed E-state index contributed by atoms with van der Waals surface area (Å²) in [5.41, 5.74) is 2.17. The minimum absolute atomic E-state index is 0.0689. The van der Waals surface area contributed by atoms with E-state index in [-0.39, 0.29) is 11.8 Å². The first-order valence-corrected chi connectivity index (χ1v) is 8.83. The lowest BCUT2D eigenvalue weighted by Crippen LogP contribution is -2.40. The molecule has 1 N–H and O–H groups in total. The topological polar surface area (TPSA) is 32.3 Å². The van der Waals surface area contributed by atoms with Crippen molar-refractivity contribution in [3.05, 3.63) is 64.6 Å². The second-order valence-corrected chi connectivity index (χ2v) is 6.97. The van der Waals surface area contributed by atoms with Crippen LogP contribution in [0.3, 0.4) is 0 Å². The number of hydrogen-bond acceptors (Lipinski definition) is 2. The van der Waals surface area contributed by atoms with E-state index in [9.17, 15) is 4.79 Å². The molecule has 1 aliphatic heterocycles. The van der Waals surface area contributed by atoms with Gasteiger partial charge < -0.3 is 5.32 Å². The fraction of sp³-hybridized carbons (Fsp3) is 0.316. The molecule has 0 spiro atoms. The summed E-state index contributed by atoms with van der Waals surface area (Å²) in [4.78, 5) is 14.8. The molecule has 2 aromatic rings. The number of carbonyl (C=O) groups is 1. The van der Waals surface area contributed by atoms with Crippen molar-refractivity contribution in [2.75, 3.05) is 18.4 Å². The van der Waals surface area contributed by atoms with Crippen molar-refractivity contribution in [2.24, 2.45) is 5.92 Å². The van der Waals surface area contributed by atoms with Gasteiger partial charge in [-0.05, 0) is 49.2 Å². The molecule has 0 aromatic heterocycles. The molecule has 1 saturated heterocycles. The van der Waals surface area contributed by atoms with Gasteiger partial charge in [0.25, 0.3) is 0 Å². The average Bonchev–Trinajstić information content (AvgIpc) is 2.58. The van der Waals surface area contributed by atoms with Gasteiger partial charge in [-0.1, -0.05) is 46.3 Å². The van der Waals surface area contributed by atoms with Gasteiger partial charge in [0.1, 0.15) is 0 Å². The summed E-state index contributed by atoms with van der Waals surface area (Å²) < 4.78 is 1.10. The van der Waals surface area contributed by atoms with Crippen molar-refractivity contribution >= 4 is 27.5 Å². The smallest absolute Gasteiger partial charge is 0.228 e. The third-order valence-electron chi connectivity index (χ3n) is 4.24. The molecular formula is C19H21BrN2O. The number of amides is 1. The molecule has 0 saturated carbocycles. The van der Waals surface area contributed by atoms with E-state index >= 15 is 0 Å². The van der Waals surface area contributed by atoms with Gasteiger partial charge in [-0.15, -0.1) is 0 Å². The van der Waals surface area contributed by atoms with E-state index in [1.165, 1.54) is 5.56 Å². The number of anilines is 1. The second-order valence-electron chi connectivity index (χ2n) is 6.06. The Morgan fingerprint density at radius 1 is 1.13 bits per heavy atom. The highest BCUT2D eigenvalue weighted by Crippen LogP contribution is 2.21. The summed E-state index contributed by atoms with van der Waals surface area (Å²) in [6, 6.07) is 18.1. The Hall–Kier alpha value is -1.65. The lowest BCUT2D eigenvalue weighted by Gasteiger charge is -2.32. The molecule has 1 heterocycles. The van der Waals surface area contributed by atoms with Crippen molar-refractivity contribution < 1.29 is 4.79 Å². The lowest BCUT2D eigenvalue weighted by molar-refractivity contribution is -0.121. The third kappa shape index (κ3) is 4.66. The molecular weight excluding hydrogens is 352 g/mol. The van der Waals surface area contributed by atoms with Gasteiger partial charge in [0.05, 0.1) is 5.92 Å². The van der Waals surface area contributed by atoms with Crippen molar-refractivity contribution in [2.45, 2.75) is 19.4 Å². The Morgan fingerprint density at radius 3 is 2.61 bits per heavy atom. The summed E-state index contributed by atoms with van der Waals surface area (Å²) in [6.45, 7) is 2.79. The van der Waals surface area contributed by atoms with Crippen LogP contribution in [0, 0.1) is 5.92 Å². The number of likely N-dealkylation sites (tertiary alicyclic amines) is 1. The molecule has 3 rings (SSSR count). The van der Waals surface area contributed by atoms with Crippen LogP contribution in [-0.4, -0.2) is 23.9 Å². The van der Waals surface area contributed by atoms with Gasteiger partial charge in [-0.25, -0.2) is 0 Å². The zero-order valence-corrected chi connectivity index (χ0v) is 14.6. The molecule has 0 aliphatic carbocycles. The highest BCUT2D eigenvalue weighted by atomic mass is 79.9. The number of rotatable bonds is 4. The van der Waals surface area contributed by atoms with Gasteiger partial charge in [0.2, 0.25) is 5.91 Å². The standard InChI is InChI=1S/C19H21BrN2O/c20-17-10-8-15(9-11-17)13-22-12-4-5-16(14-22)19(23)21-18-6-2-1-3-7-18/h1-3,6-11,16H,4-5,12-14H2,(H,21,23). The van der Waals surface area contributed by atoms with Gasteiger partial charge in [-0.2, -0.15) is 0 Å². The normalized spacial score (nSPS) is 18.6. The van der Waals surface area contributed by atoms with Crippen LogP contribution in [0.2, 0.25) is 0 Å². The maximum atomic E-state index is 12.5. The fourth-order valence-electron chi connectivity index (χ4n) is 3.03. The molecule has 1 atom stereocenters. The molecule has 1 aliphatic rings. The van der Waals surface area contributed by atoms with Crippen LogP contribution >= 0.6 is 15.9 Å². The SMILES string of the molecule is O=C(Nc1ccccc1)C1CCCN(Cc2ccc(Br)cc2)C1. The Morgan fingerprint density at radius 2 is 1.87 bits per heavy atom. The van der Waals surface area contributed by atoms with Crippen molar-refractivity contribution in [3.63, 3.8) is 0 Å². The summed E-state index contributed by atoms with van der Waals surface area (Å²) in [7, 11) is 0. The van der Waals surface area contributed by atoms with Gasteiger partial charge >= 0.3 is 0 Å². The molecule has 1 amide bonds. The monoisotopic (exact) mass is 372 g/mol. The predicted octanol–water partition coefficient (Wildman–Crippen LogP) is 4.30. The Kier molecular flexibility index (Phi) is 5.47. The van der Waals surface area contributed by atoms with Crippen molar-refractivity contribution in [1.82, 2.24) is 4.90 Å². The maximum Gasteiger partial charge on any atom is 0.228 e. The first-order valence-electron chi connectivity index (χ1n) is 8.03. The molecule has 3 nitrogen and oxygen atoms in total. The van der Waals surface area contributed by atoms with Crippen LogP contribution < -0.4 is 5.32 Å². The number of halogens is 1. The Labute approximate surface area is 145 Å². The molecule has 1 unspecified atom stereocenters. The van der Waals surface area contributed by atoms with E-state index in [4.69, 9.17) is 0 Å². The van der Waals surface area contributed by atoms with Crippen LogP contribution in [-0.2, 0) is 11.3 Å².